The van der Waals surface area contributed by atoms with Gasteiger partial charge in [0, 0.05) is 36.7 Å². The zero-order chi connectivity index (χ0) is 25.7. The van der Waals surface area contributed by atoms with Crippen LogP contribution in [0.1, 0.15) is 49.1 Å². The Bertz CT molecular complexity index is 1160. The van der Waals surface area contributed by atoms with Crippen molar-refractivity contribution in [3.05, 3.63) is 65.5 Å². The summed E-state index contributed by atoms with van der Waals surface area (Å²) in [5, 5.41) is 13.4. The summed E-state index contributed by atoms with van der Waals surface area (Å²) in [7, 11) is 3.98. The van der Waals surface area contributed by atoms with E-state index >= 15 is 0 Å². The Labute approximate surface area is 213 Å². The molecule has 0 saturated heterocycles. The average molecular weight is 488 g/mol. The van der Waals surface area contributed by atoms with Crippen molar-refractivity contribution >= 4 is 23.2 Å². The number of carbonyl (C=O) groups excluding carboxylic acids is 2. The monoisotopic (exact) mass is 487 g/mol. The van der Waals surface area contributed by atoms with Crippen LogP contribution in [-0.2, 0) is 16.0 Å². The maximum atomic E-state index is 13.4. The zero-order valence-corrected chi connectivity index (χ0v) is 21.7. The number of aryl methyl sites for hydroxylation is 2. The van der Waals surface area contributed by atoms with Gasteiger partial charge in [0.2, 0.25) is 11.8 Å². The highest BCUT2D eigenvalue weighted by atomic mass is 16.2. The molecule has 1 aliphatic carbocycles. The molecule has 0 bridgehead atoms. The molecule has 190 valence electrons. The smallest absolute Gasteiger partial charge is 0.247 e. The number of hydrogen-bond donors (Lipinski definition) is 3. The van der Waals surface area contributed by atoms with Crippen molar-refractivity contribution in [2.45, 2.75) is 58.4 Å². The van der Waals surface area contributed by atoms with E-state index in [0.29, 0.717) is 0 Å². The number of nitrogens with one attached hydrogen (secondary N) is 3. The van der Waals surface area contributed by atoms with E-state index in [-0.39, 0.29) is 24.2 Å². The standard InChI is InChI=1S/C29H37N5O2/c1-19-27(20(2)33-32-19)22-12-14-24(15-13-22)30-29(36)28(23-8-6-5-7-9-23)31-26(35)18-21-10-16-25(17-11-21)34(3)4/h10-17,23,28H,5-9,18H2,1-4H3,(H,30,36)(H,31,35)(H,32,33). The summed E-state index contributed by atoms with van der Waals surface area (Å²) in [4.78, 5) is 28.4. The van der Waals surface area contributed by atoms with Crippen LogP contribution in [0.5, 0.6) is 0 Å². The Morgan fingerprint density at radius 3 is 2.25 bits per heavy atom. The van der Waals surface area contributed by atoms with Crippen LogP contribution in [0.15, 0.2) is 48.5 Å². The topological polar surface area (TPSA) is 90.1 Å². The number of H-pyrrole nitrogens is 1. The number of hydrogen-bond acceptors (Lipinski definition) is 4. The first kappa shape index (κ1) is 25.5. The number of rotatable bonds is 8. The molecule has 2 aromatic carbocycles. The maximum absolute atomic E-state index is 13.4. The van der Waals surface area contributed by atoms with Gasteiger partial charge < -0.3 is 15.5 Å². The molecule has 1 unspecified atom stereocenters. The third-order valence-electron chi connectivity index (χ3n) is 7.11. The quantitative estimate of drug-likeness (QED) is 0.417. The SMILES string of the molecule is Cc1n[nH]c(C)c1-c1ccc(NC(=O)C(NC(=O)Cc2ccc(N(C)C)cc2)C2CCCCC2)cc1. The van der Waals surface area contributed by atoms with Crippen molar-refractivity contribution in [3.63, 3.8) is 0 Å². The van der Waals surface area contributed by atoms with Crippen LogP contribution in [0, 0.1) is 19.8 Å². The normalized spacial score (nSPS) is 14.8. The molecule has 4 rings (SSSR count). The first-order chi connectivity index (χ1) is 17.3. The van der Waals surface area contributed by atoms with E-state index < -0.39 is 6.04 Å². The maximum Gasteiger partial charge on any atom is 0.247 e. The van der Waals surface area contributed by atoms with Gasteiger partial charge in [-0.2, -0.15) is 5.10 Å². The van der Waals surface area contributed by atoms with E-state index in [1.165, 1.54) is 6.42 Å². The molecule has 1 fully saturated rings. The third kappa shape index (κ3) is 6.14. The summed E-state index contributed by atoms with van der Waals surface area (Å²) in [5.74, 6) is -0.129. The van der Waals surface area contributed by atoms with Gasteiger partial charge in [0.25, 0.3) is 0 Å². The summed E-state index contributed by atoms with van der Waals surface area (Å²) in [6, 6.07) is 15.2. The summed E-state index contributed by atoms with van der Waals surface area (Å²) in [6.07, 6.45) is 5.53. The molecule has 1 aromatic heterocycles. The van der Waals surface area contributed by atoms with Crippen molar-refractivity contribution in [2.75, 3.05) is 24.3 Å². The Balaban J connectivity index is 1.44. The van der Waals surface area contributed by atoms with Crippen LogP contribution in [0.3, 0.4) is 0 Å². The van der Waals surface area contributed by atoms with Crippen molar-refractivity contribution in [2.24, 2.45) is 5.92 Å². The van der Waals surface area contributed by atoms with Gasteiger partial charge in [-0.1, -0.05) is 43.5 Å². The van der Waals surface area contributed by atoms with Crippen LogP contribution in [0.25, 0.3) is 11.1 Å². The fourth-order valence-electron chi connectivity index (χ4n) is 5.10. The van der Waals surface area contributed by atoms with Crippen LogP contribution >= 0.6 is 0 Å². The fraction of sp³-hybridized carbons (Fsp3) is 0.414. The van der Waals surface area contributed by atoms with Crippen molar-refractivity contribution < 1.29 is 9.59 Å². The van der Waals surface area contributed by atoms with Crippen molar-refractivity contribution in [3.8, 4) is 11.1 Å². The number of aromatic nitrogens is 2. The Hall–Kier alpha value is -3.61. The van der Waals surface area contributed by atoms with Crippen molar-refractivity contribution in [1.82, 2.24) is 15.5 Å². The van der Waals surface area contributed by atoms with E-state index in [9.17, 15) is 9.59 Å². The molecule has 0 radical (unpaired) electrons. The molecule has 36 heavy (non-hydrogen) atoms. The second kappa shape index (κ2) is 11.4. The summed E-state index contributed by atoms with van der Waals surface area (Å²) in [6.45, 7) is 3.97. The molecule has 1 atom stereocenters. The predicted octanol–water partition coefficient (Wildman–Crippen LogP) is 5.01. The molecule has 3 aromatic rings. The predicted molar refractivity (Wildman–Crippen MR) is 145 cm³/mol. The molecular formula is C29H37N5O2. The summed E-state index contributed by atoms with van der Waals surface area (Å²) >= 11 is 0. The molecule has 0 aliphatic heterocycles. The number of benzene rings is 2. The molecule has 0 spiro atoms. The fourth-order valence-corrected chi connectivity index (χ4v) is 5.10. The minimum absolute atomic E-state index is 0.125. The van der Waals surface area contributed by atoms with Gasteiger partial charge in [0.05, 0.1) is 12.1 Å². The van der Waals surface area contributed by atoms with Gasteiger partial charge in [0.1, 0.15) is 6.04 Å². The molecule has 1 heterocycles. The second-order valence-electron chi connectivity index (χ2n) is 10.1. The largest absolute Gasteiger partial charge is 0.378 e. The van der Waals surface area contributed by atoms with E-state index in [1.807, 2.05) is 81.4 Å². The molecular weight excluding hydrogens is 450 g/mol. The number of aromatic amines is 1. The highest BCUT2D eigenvalue weighted by Crippen LogP contribution is 2.29. The lowest BCUT2D eigenvalue weighted by molar-refractivity contribution is -0.127. The molecule has 3 N–H and O–H groups in total. The Morgan fingerprint density at radius 1 is 1.00 bits per heavy atom. The van der Waals surface area contributed by atoms with E-state index in [4.69, 9.17) is 0 Å². The molecule has 7 nitrogen and oxygen atoms in total. The van der Waals surface area contributed by atoms with Gasteiger partial charge >= 0.3 is 0 Å². The zero-order valence-electron chi connectivity index (χ0n) is 21.7. The van der Waals surface area contributed by atoms with Gasteiger partial charge in [0.15, 0.2) is 0 Å². The highest BCUT2D eigenvalue weighted by molar-refractivity contribution is 5.97. The first-order valence-corrected chi connectivity index (χ1v) is 12.8. The number of carbonyl (C=O) groups is 2. The van der Waals surface area contributed by atoms with Gasteiger partial charge in [-0.3, -0.25) is 14.7 Å². The van der Waals surface area contributed by atoms with Crippen LogP contribution < -0.4 is 15.5 Å². The van der Waals surface area contributed by atoms with E-state index in [1.54, 1.807) is 0 Å². The lowest BCUT2D eigenvalue weighted by Gasteiger charge is -2.30. The van der Waals surface area contributed by atoms with Gasteiger partial charge in [-0.25, -0.2) is 0 Å². The lowest BCUT2D eigenvalue weighted by atomic mass is 9.83. The molecule has 2 amide bonds. The lowest BCUT2D eigenvalue weighted by Crippen LogP contribution is -2.49. The van der Waals surface area contributed by atoms with Crippen LogP contribution in [-0.4, -0.2) is 42.1 Å². The van der Waals surface area contributed by atoms with Gasteiger partial charge in [-0.05, 0) is 68.0 Å². The minimum atomic E-state index is -0.545. The highest BCUT2D eigenvalue weighted by Gasteiger charge is 2.31. The first-order valence-electron chi connectivity index (χ1n) is 12.8. The van der Waals surface area contributed by atoms with E-state index in [0.717, 1.165) is 65.1 Å². The Kier molecular flexibility index (Phi) is 8.08. The van der Waals surface area contributed by atoms with Crippen LogP contribution in [0.4, 0.5) is 11.4 Å². The number of amides is 2. The average Bonchev–Trinajstić information content (AvgIpc) is 3.21. The third-order valence-corrected chi connectivity index (χ3v) is 7.11. The van der Waals surface area contributed by atoms with Gasteiger partial charge in [-0.15, -0.1) is 0 Å². The van der Waals surface area contributed by atoms with Crippen LogP contribution in [0.2, 0.25) is 0 Å². The summed E-state index contributed by atoms with van der Waals surface area (Å²) in [5.41, 5.74) is 6.83. The number of anilines is 2. The Morgan fingerprint density at radius 2 is 1.67 bits per heavy atom. The van der Waals surface area contributed by atoms with Crippen molar-refractivity contribution in [1.29, 1.82) is 0 Å². The minimum Gasteiger partial charge on any atom is -0.378 e. The molecule has 7 heteroatoms. The molecule has 1 aliphatic rings. The van der Waals surface area contributed by atoms with E-state index in [2.05, 4.69) is 20.8 Å². The molecule has 1 saturated carbocycles. The second-order valence-corrected chi connectivity index (χ2v) is 10.1. The number of nitrogens with zero attached hydrogens (tertiary/aromatic N) is 2. The summed E-state index contributed by atoms with van der Waals surface area (Å²) < 4.78 is 0.